The van der Waals surface area contributed by atoms with Crippen molar-refractivity contribution in [2.45, 2.75) is 26.3 Å². The number of carbonyl (C=O) groups is 2. The SMILES string of the molecule is Cc1ccc(N2CC[C@@H](NC(=O)c3ccccc3Cl)C2=O)cc1C. The molecular weight excluding hydrogens is 324 g/mol. The second-order valence-electron chi connectivity index (χ2n) is 6.05. The van der Waals surface area contributed by atoms with Crippen LogP contribution in [-0.4, -0.2) is 24.4 Å². The number of halogens is 1. The Bertz CT molecular complexity index is 804. The van der Waals surface area contributed by atoms with Gasteiger partial charge in [-0.15, -0.1) is 0 Å². The first-order chi connectivity index (χ1) is 11.5. The Morgan fingerprint density at radius 1 is 1.17 bits per heavy atom. The van der Waals surface area contributed by atoms with Crippen molar-refractivity contribution in [1.29, 1.82) is 0 Å². The van der Waals surface area contributed by atoms with E-state index in [2.05, 4.69) is 5.32 Å². The Morgan fingerprint density at radius 2 is 1.92 bits per heavy atom. The molecule has 2 aromatic rings. The Morgan fingerprint density at radius 3 is 2.62 bits per heavy atom. The largest absolute Gasteiger partial charge is 0.340 e. The molecule has 0 radical (unpaired) electrons. The fourth-order valence-corrected chi connectivity index (χ4v) is 3.07. The van der Waals surface area contributed by atoms with E-state index in [0.717, 1.165) is 11.3 Å². The Hall–Kier alpha value is -2.33. The van der Waals surface area contributed by atoms with Crippen molar-refractivity contribution < 1.29 is 9.59 Å². The van der Waals surface area contributed by atoms with E-state index in [1.54, 1.807) is 29.2 Å². The summed E-state index contributed by atoms with van der Waals surface area (Å²) in [5.74, 6) is -0.403. The van der Waals surface area contributed by atoms with E-state index in [9.17, 15) is 9.59 Å². The van der Waals surface area contributed by atoms with E-state index in [1.165, 1.54) is 5.56 Å². The highest BCUT2D eigenvalue weighted by Gasteiger charge is 2.34. The van der Waals surface area contributed by atoms with Crippen LogP contribution in [0.5, 0.6) is 0 Å². The number of benzene rings is 2. The Balaban J connectivity index is 1.73. The summed E-state index contributed by atoms with van der Waals surface area (Å²) < 4.78 is 0. The Labute approximate surface area is 146 Å². The van der Waals surface area contributed by atoms with E-state index in [4.69, 9.17) is 11.6 Å². The van der Waals surface area contributed by atoms with Crippen molar-refractivity contribution in [3.63, 3.8) is 0 Å². The molecule has 4 nitrogen and oxygen atoms in total. The summed E-state index contributed by atoms with van der Waals surface area (Å²) in [7, 11) is 0. The molecule has 0 bridgehead atoms. The van der Waals surface area contributed by atoms with Crippen LogP contribution in [0, 0.1) is 13.8 Å². The van der Waals surface area contributed by atoms with Gasteiger partial charge in [-0.25, -0.2) is 0 Å². The van der Waals surface area contributed by atoms with E-state index in [0.29, 0.717) is 23.6 Å². The predicted octanol–water partition coefficient (Wildman–Crippen LogP) is 3.49. The molecule has 5 heteroatoms. The minimum Gasteiger partial charge on any atom is -0.340 e. The van der Waals surface area contributed by atoms with Crippen LogP contribution in [0.25, 0.3) is 0 Å². The van der Waals surface area contributed by atoms with Crippen LogP contribution >= 0.6 is 11.6 Å². The van der Waals surface area contributed by atoms with Crippen molar-refractivity contribution in [3.8, 4) is 0 Å². The summed E-state index contributed by atoms with van der Waals surface area (Å²) in [5.41, 5.74) is 3.59. The smallest absolute Gasteiger partial charge is 0.253 e. The number of hydrogen-bond donors (Lipinski definition) is 1. The highest BCUT2D eigenvalue weighted by Crippen LogP contribution is 2.24. The highest BCUT2D eigenvalue weighted by molar-refractivity contribution is 6.33. The standard InChI is InChI=1S/C19H19ClN2O2/c1-12-7-8-14(11-13(12)2)22-10-9-17(19(22)24)21-18(23)15-5-3-4-6-16(15)20/h3-8,11,17H,9-10H2,1-2H3,(H,21,23)/t17-/m1/s1. The van der Waals surface area contributed by atoms with Crippen LogP contribution in [-0.2, 0) is 4.79 Å². The van der Waals surface area contributed by atoms with Gasteiger partial charge >= 0.3 is 0 Å². The van der Waals surface area contributed by atoms with Crippen LogP contribution in [0.4, 0.5) is 5.69 Å². The van der Waals surface area contributed by atoms with Gasteiger partial charge in [0.1, 0.15) is 6.04 Å². The molecule has 3 rings (SSSR count). The monoisotopic (exact) mass is 342 g/mol. The summed E-state index contributed by atoms with van der Waals surface area (Å²) in [5, 5.41) is 3.18. The first-order valence-corrected chi connectivity index (χ1v) is 8.29. The molecule has 124 valence electrons. The molecule has 24 heavy (non-hydrogen) atoms. The summed E-state index contributed by atoms with van der Waals surface area (Å²) in [4.78, 5) is 26.7. The van der Waals surface area contributed by atoms with Gasteiger partial charge < -0.3 is 10.2 Å². The summed E-state index contributed by atoms with van der Waals surface area (Å²) in [6.07, 6.45) is 0.585. The average Bonchev–Trinajstić information content (AvgIpc) is 2.91. The van der Waals surface area contributed by atoms with Crippen molar-refractivity contribution in [2.24, 2.45) is 0 Å². The third-order valence-electron chi connectivity index (χ3n) is 4.43. The predicted molar refractivity (Wildman–Crippen MR) is 95.6 cm³/mol. The molecule has 2 aromatic carbocycles. The molecule has 0 aromatic heterocycles. The molecule has 1 atom stereocenters. The van der Waals surface area contributed by atoms with E-state index in [-0.39, 0.29) is 11.8 Å². The number of nitrogens with zero attached hydrogens (tertiary/aromatic N) is 1. The summed E-state index contributed by atoms with van der Waals surface area (Å²) in [6.45, 7) is 4.66. The van der Waals surface area contributed by atoms with Gasteiger partial charge in [-0.3, -0.25) is 9.59 Å². The number of aryl methyl sites for hydroxylation is 2. The molecule has 1 aliphatic heterocycles. The van der Waals surface area contributed by atoms with Crippen molar-refractivity contribution in [1.82, 2.24) is 5.32 Å². The summed E-state index contributed by atoms with van der Waals surface area (Å²) >= 11 is 6.04. The van der Waals surface area contributed by atoms with Crippen molar-refractivity contribution in [3.05, 3.63) is 64.2 Å². The van der Waals surface area contributed by atoms with Crippen LogP contribution in [0.1, 0.15) is 27.9 Å². The van der Waals surface area contributed by atoms with E-state index < -0.39 is 6.04 Å². The second-order valence-corrected chi connectivity index (χ2v) is 6.46. The van der Waals surface area contributed by atoms with Crippen LogP contribution in [0.15, 0.2) is 42.5 Å². The fourth-order valence-electron chi connectivity index (χ4n) is 2.85. The van der Waals surface area contributed by atoms with Crippen molar-refractivity contribution >= 4 is 29.1 Å². The highest BCUT2D eigenvalue weighted by atomic mass is 35.5. The maximum absolute atomic E-state index is 12.6. The summed E-state index contributed by atoms with van der Waals surface area (Å²) in [6, 6.07) is 12.3. The zero-order valence-corrected chi connectivity index (χ0v) is 14.4. The lowest BCUT2D eigenvalue weighted by atomic mass is 10.1. The topological polar surface area (TPSA) is 49.4 Å². The minimum absolute atomic E-state index is 0.0846. The molecule has 2 amide bonds. The van der Waals surface area contributed by atoms with Gasteiger partial charge in [-0.2, -0.15) is 0 Å². The molecule has 0 aliphatic carbocycles. The van der Waals surface area contributed by atoms with Gasteiger partial charge in [0.25, 0.3) is 5.91 Å². The lowest BCUT2D eigenvalue weighted by molar-refractivity contribution is -0.118. The quantitative estimate of drug-likeness (QED) is 0.928. The molecule has 1 aliphatic rings. The van der Waals surface area contributed by atoms with Gasteiger partial charge in [0.2, 0.25) is 5.91 Å². The first-order valence-electron chi connectivity index (χ1n) is 7.91. The lowest BCUT2D eigenvalue weighted by Gasteiger charge is -2.18. The average molecular weight is 343 g/mol. The molecule has 1 fully saturated rings. The maximum atomic E-state index is 12.6. The fraction of sp³-hybridized carbons (Fsp3) is 0.263. The van der Waals surface area contributed by atoms with Crippen LogP contribution in [0.2, 0.25) is 5.02 Å². The van der Waals surface area contributed by atoms with Gasteiger partial charge in [0.05, 0.1) is 10.6 Å². The normalized spacial score (nSPS) is 17.2. The third kappa shape index (κ3) is 3.15. The number of carbonyl (C=O) groups excluding carboxylic acids is 2. The molecular formula is C19H19ClN2O2. The molecule has 0 saturated carbocycles. The number of nitrogens with one attached hydrogen (secondary N) is 1. The van der Waals surface area contributed by atoms with Crippen LogP contribution in [0.3, 0.4) is 0 Å². The third-order valence-corrected chi connectivity index (χ3v) is 4.76. The van der Waals surface area contributed by atoms with E-state index >= 15 is 0 Å². The van der Waals surface area contributed by atoms with Gasteiger partial charge in [-0.1, -0.05) is 29.8 Å². The molecule has 0 unspecified atom stereocenters. The van der Waals surface area contributed by atoms with Gasteiger partial charge in [0, 0.05) is 12.2 Å². The molecule has 1 saturated heterocycles. The maximum Gasteiger partial charge on any atom is 0.253 e. The molecule has 1 N–H and O–H groups in total. The zero-order valence-electron chi connectivity index (χ0n) is 13.7. The number of rotatable bonds is 3. The number of anilines is 1. The Kier molecular flexibility index (Phi) is 4.58. The van der Waals surface area contributed by atoms with E-state index in [1.807, 2.05) is 32.0 Å². The number of hydrogen-bond acceptors (Lipinski definition) is 2. The van der Waals surface area contributed by atoms with Crippen LogP contribution < -0.4 is 10.2 Å². The molecule has 1 heterocycles. The van der Waals surface area contributed by atoms with Gasteiger partial charge in [-0.05, 0) is 55.7 Å². The van der Waals surface area contributed by atoms with Crippen molar-refractivity contribution in [2.75, 3.05) is 11.4 Å². The van der Waals surface area contributed by atoms with Gasteiger partial charge in [0.15, 0.2) is 0 Å². The number of amides is 2. The minimum atomic E-state index is -0.518. The lowest BCUT2D eigenvalue weighted by Crippen LogP contribution is -2.41. The first kappa shape index (κ1) is 16.5. The molecule has 0 spiro atoms. The second kappa shape index (κ2) is 6.65. The zero-order chi connectivity index (χ0) is 17.3.